The first-order valence-electron chi connectivity index (χ1n) is 6.84. The van der Waals surface area contributed by atoms with Gasteiger partial charge in [-0.3, -0.25) is 0 Å². The number of rotatable bonds is 5. The zero-order chi connectivity index (χ0) is 14.6. The minimum absolute atomic E-state index is 0.0445. The highest BCUT2D eigenvalue weighted by Gasteiger charge is 2.14. The van der Waals surface area contributed by atoms with Gasteiger partial charge in [0.25, 0.3) is 0 Å². The molecule has 0 aliphatic rings. The van der Waals surface area contributed by atoms with Gasteiger partial charge in [0, 0.05) is 12.3 Å². The number of hydrogen-bond acceptors (Lipinski definition) is 4. The van der Waals surface area contributed by atoms with Crippen LogP contribution in [0, 0.1) is 0 Å². The van der Waals surface area contributed by atoms with Crippen LogP contribution < -0.4 is 5.32 Å². The Morgan fingerprint density at radius 3 is 2.45 bits per heavy atom. The highest BCUT2D eigenvalue weighted by atomic mass is 16.2. The second-order valence-electron chi connectivity index (χ2n) is 5.85. The van der Waals surface area contributed by atoms with Gasteiger partial charge in [0.1, 0.15) is 5.69 Å². The molecule has 5 nitrogen and oxygen atoms in total. The predicted molar refractivity (Wildman–Crippen MR) is 79.6 cm³/mol. The molecule has 1 aromatic heterocycles. The Kier molecular flexibility index (Phi) is 4.39. The van der Waals surface area contributed by atoms with E-state index in [9.17, 15) is 0 Å². The van der Waals surface area contributed by atoms with Crippen molar-refractivity contribution in [1.29, 1.82) is 0 Å². The standard InChI is InChI=1S/C15H22N4O/c1-15(2,3)19-11-14(17-18-19)10-16-13-6-4-12(5-7-13)8-9-20/h4-7,11,16,20H,8-10H2,1-3H3. The van der Waals surface area contributed by atoms with E-state index in [1.807, 2.05) is 35.1 Å². The van der Waals surface area contributed by atoms with Crippen LogP contribution in [0.2, 0.25) is 0 Å². The summed E-state index contributed by atoms with van der Waals surface area (Å²) in [6.45, 7) is 7.12. The van der Waals surface area contributed by atoms with E-state index in [1.54, 1.807) is 0 Å². The lowest BCUT2D eigenvalue weighted by molar-refractivity contribution is 0.299. The SMILES string of the molecule is CC(C)(C)n1cc(CNc2ccc(CCO)cc2)nn1. The zero-order valence-corrected chi connectivity index (χ0v) is 12.3. The molecule has 0 aliphatic carbocycles. The number of nitrogens with one attached hydrogen (secondary N) is 1. The van der Waals surface area contributed by atoms with E-state index < -0.39 is 0 Å². The maximum absolute atomic E-state index is 8.88. The summed E-state index contributed by atoms with van der Waals surface area (Å²) >= 11 is 0. The van der Waals surface area contributed by atoms with Gasteiger partial charge in [-0.25, -0.2) is 4.68 Å². The van der Waals surface area contributed by atoms with Crippen LogP contribution in [0.5, 0.6) is 0 Å². The van der Waals surface area contributed by atoms with E-state index in [4.69, 9.17) is 5.11 Å². The second-order valence-corrected chi connectivity index (χ2v) is 5.85. The van der Waals surface area contributed by atoms with Gasteiger partial charge in [-0.05, 0) is 44.9 Å². The van der Waals surface area contributed by atoms with E-state index in [0.717, 1.165) is 16.9 Å². The van der Waals surface area contributed by atoms with Gasteiger partial charge in [-0.1, -0.05) is 17.3 Å². The smallest absolute Gasteiger partial charge is 0.102 e. The molecule has 1 heterocycles. The van der Waals surface area contributed by atoms with Crippen molar-refractivity contribution in [2.24, 2.45) is 0 Å². The van der Waals surface area contributed by atoms with E-state index in [-0.39, 0.29) is 12.1 Å². The summed E-state index contributed by atoms with van der Waals surface area (Å²) in [5, 5.41) is 20.5. The third-order valence-corrected chi connectivity index (χ3v) is 3.06. The largest absolute Gasteiger partial charge is 0.396 e. The lowest BCUT2D eigenvalue weighted by Crippen LogP contribution is -2.22. The first-order valence-corrected chi connectivity index (χ1v) is 6.84. The number of nitrogens with zero attached hydrogens (tertiary/aromatic N) is 3. The van der Waals surface area contributed by atoms with Crippen LogP contribution in [0.4, 0.5) is 5.69 Å². The molecule has 0 unspecified atom stereocenters. The molecular formula is C15H22N4O. The lowest BCUT2D eigenvalue weighted by Gasteiger charge is -2.17. The summed E-state index contributed by atoms with van der Waals surface area (Å²) in [5.74, 6) is 0. The molecule has 0 spiro atoms. The summed E-state index contributed by atoms with van der Waals surface area (Å²) in [5.41, 5.74) is 3.05. The molecule has 2 rings (SSSR count). The van der Waals surface area contributed by atoms with Crippen LogP contribution in [0.25, 0.3) is 0 Å². The molecule has 0 fully saturated rings. The molecule has 2 aromatic rings. The highest BCUT2D eigenvalue weighted by Crippen LogP contribution is 2.14. The number of benzene rings is 1. The Morgan fingerprint density at radius 2 is 1.90 bits per heavy atom. The molecule has 0 atom stereocenters. The third kappa shape index (κ3) is 3.81. The quantitative estimate of drug-likeness (QED) is 0.877. The average molecular weight is 274 g/mol. The number of aromatic nitrogens is 3. The monoisotopic (exact) mass is 274 g/mol. The first kappa shape index (κ1) is 14.5. The van der Waals surface area contributed by atoms with Crippen LogP contribution in [-0.4, -0.2) is 26.7 Å². The molecule has 1 aromatic carbocycles. The molecule has 20 heavy (non-hydrogen) atoms. The normalized spacial score (nSPS) is 11.6. The van der Waals surface area contributed by atoms with E-state index in [0.29, 0.717) is 13.0 Å². The number of anilines is 1. The van der Waals surface area contributed by atoms with Crippen molar-refractivity contribution in [2.75, 3.05) is 11.9 Å². The summed E-state index contributed by atoms with van der Waals surface area (Å²) in [6.07, 6.45) is 2.66. The molecule has 0 bridgehead atoms. The molecule has 0 amide bonds. The minimum Gasteiger partial charge on any atom is -0.396 e. The summed E-state index contributed by atoms with van der Waals surface area (Å²) in [6, 6.07) is 8.06. The van der Waals surface area contributed by atoms with Gasteiger partial charge in [0.05, 0.1) is 18.3 Å². The maximum Gasteiger partial charge on any atom is 0.102 e. The van der Waals surface area contributed by atoms with Gasteiger partial charge in [0.15, 0.2) is 0 Å². The Balaban J connectivity index is 1.93. The van der Waals surface area contributed by atoms with Gasteiger partial charge >= 0.3 is 0 Å². The van der Waals surface area contributed by atoms with Crippen molar-refractivity contribution >= 4 is 5.69 Å². The molecule has 108 valence electrons. The topological polar surface area (TPSA) is 63.0 Å². The fraction of sp³-hybridized carbons (Fsp3) is 0.467. The third-order valence-electron chi connectivity index (χ3n) is 3.06. The summed E-state index contributed by atoms with van der Waals surface area (Å²) < 4.78 is 1.87. The highest BCUT2D eigenvalue weighted by molar-refractivity contribution is 5.44. The van der Waals surface area contributed by atoms with Crippen LogP contribution in [0.15, 0.2) is 30.5 Å². The van der Waals surface area contributed by atoms with E-state index in [2.05, 4.69) is 36.4 Å². The summed E-state index contributed by atoms with van der Waals surface area (Å²) in [7, 11) is 0. The predicted octanol–water partition coefficient (Wildman–Crippen LogP) is 2.18. The Morgan fingerprint density at radius 1 is 1.20 bits per heavy atom. The van der Waals surface area contributed by atoms with Crippen molar-refractivity contribution < 1.29 is 5.11 Å². The maximum atomic E-state index is 8.88. The Hall–Kier alpha value is -1.88. The molecule has 2 N–H and O–H groups in total. The van der Waals surface area contributed by atoms with Gasteiger partial charge in [0.2, 0.25) is 0 Å². The van der Waals surface area contributed by atoms with Crippen molar-refractivity contribution in [3.05, 3.63) is 41.7 Å². The van der Waals surface area contributed by atoms with E-state index in [1.165, 1.54) is 0 Å². The number of aliphatic hydroxyl groups excluding tert-OH is 1. The van der Waals surface area contributed by atoms with Crippen molar-refractivity contribution in [3.8, 4) is 0 Å². The Labute approximate surface area is 119 Å². The second kappa shape index (κ2) is 6.05. The molecule has 0 saturated heterocycles. The summed E-state index contributed by atoms with van der Waals surface area (Å²) in [4.78, 5) is 0. The molecule has 5 heteroatoms. The van der Waals surface area contributed by atoms with Crippen LogP contribution in [0.3, 0.4) is 0 Å². The molecule has 0 saturated carbocycles. The van der Waals surface area contributed by atoms with Gasteiger partial charge in [-0.2, -0.15) is 0 Å². The molecule has 0 aliphatic heterocycles. The van der Waals surface area contributed by atoms with E-state index >= 15 is 0 Å². The minimum atomic E-state index is -0.0445. The fourth-order valence-electron chi connectivity index (χ4n) is 1.82. The van der Waals surface area contributed by atoms with Gasteiger partial charge in [-0.15, -0.1) is 5.10 Å². The van der Waals surface area contributed by atoms with Gasteiger partial charge < -0.3 is 10.4 Å². The fourth-order valence-corrected chi connectivity index (χ4v) is 1.82. The van der Waals surface area contributed by atoms with Crippen LogP contribution >= 0.6 is 0 Å². The van der Waals surface area contributed by atoms with Crippen LogP contribution in [-0.2, 0) is 18.5 Å². The molecular weight excluding hydrogens is 252 g/mol. The van der Waals surface area contributed by atoms with Crippen molar-refractivity contribution in [2.45, 2.75) is 39.3 Å². The first-order chi connectivity index (χ1) is 9.49. The molecule has 0 radical (unpaired) electrons. The van der Waals surface area contributed by atoms with Crippen molar-refractivity contribution in [3.63, 3.8) is 0 Å². The Bertz CT molecular complexity index is 540. The average Bonchev–Trinajstić information content (AvgIpc) is 2.87. The zero-order valence-electron chi connectivity index (χ0n) is 12.3. The number of aliphatic hydroxyl groups is 1. The van der Waals surface area contributed by atoms with Crippen LogP contribution in [0.1, 0.15) is 32.0 Å². The lowest BCUT2D eigenvalue weighted by atomic mass is 10.1. The van der Waals surface area contributed by atoms with Crippen molar-refractivity contribution in [1.82, 2.24) is 15.0 Å². The number of hydrogen-bond donors (Lipinski definition) is 2.